The third kappa shape index (κ3) is 5.13. The van der Waals surface area contributed by atoms with E-state index in [0.717, 1.165) is 38.5 Å². The van der Waals surface area contributed by atoms with Gasteiger partial charge in [-0.25, -0.2) is 0 Å². The maximum atomic E-state index is 11.2. The van der Waals surface area contributed by atoms with E-state index in [1.54, 1.807) is 0 Å². The zero-order valence-electron chi connectivity index (χ0n) is 22.8. The number of aliphatic hydroxyl groups is 5. The fourth-order valence-corrected chi connectivity index (χ4v) is 7.96. The summed E-state index contributed by atoms with van der Waals surface area (Å²) in [6.45, 7) is 9.70. The first kappa shape index (κ1) is 28.9. The van der Waals surface area contributed by atoms with E-state index in [1.807, 2.05) is 6.92 Å². The van der Waals surface area contributed by atoms with Crippen LogP contribution in [0.2, 0.25) is 0 Å². The Kier molecular flexibility index (Phi) is 8.20. The van der Waals surface area contributed by atoms with Crippen LogP contribution in [0.25, 0.3) is 0 Å². The van der Waals surface area contributed by atoms with E-state index in [9.17, 15) is 30.3 Å². The van der Waals surface area contributed by atoms with Crippen LogP contribution in [0.5, 0.6) is 0 Å². The molecule has 1 saturated heterocycles. The van der Waals surface area contributed by atoms with E-state index in [1.165, 1.54) is 12.5 Å². The summed E-state index contributed by atoms with van der Waals surface area (Å²) in [6, 6.07) is 0. The molecule has 0 aromatic heterocycles. The molecular weight excluding hydrogens is 480 g/mol. The summed E-state index contributed by atoms with van der Waals surface area (Å²) in [5, 5.41) is 51.2. The lowest BCUT2D eigenvalue weighted by Crippen LogP contribution is -2.62. The molecule has 0 aromatic rings. The van der Waals surface area contributed by atoms with Gasteiger partial charge in [-0.3, -0.25) is 4.79 Å². The van der Waals surface area contributed by atoms with E-state index in [4.69, 9.17) is 14.2 Å². The zero-order chi connectivity index (χ0) is 27.3. The molecule has 3 aliphatic carbocycles. The average Bonchev–Trinajstić information content (AvgIpc) is 2.83. The highest BCUT2D eigenvalue weighted by atomic mass is 16.7. The summed E-state index contributed by atoms with van der Waals surface area (Å²) in [7, 11) is 0. The lowest BCUT2D eigenvalue weighted by Gasteiger charge is -2.62. The molecule has 4 rings (SSSR count). The van der Waals surface area contributed by atoms with Crippen LogP contribution in [0.1, 0.15) is 73.1 Å². The molecule has 37 heavy (non-hydrogen) atoms. The Morgan fingerprint density at radius 1 is 1.08 bits per heavy atom. The first-order valence-corrected chi connectivity index (χ1v) is 13.7. The molecule has 0 radical (unpaired) electrons. The van der Waals surface area contributed by atoms with Crippen LogP contribution in [-0.2, 0) is 19.0 Å². The van der Waals surface area contributed by atoms with Crippen LogP contribution < -0.4 is 0 Å². The van der Waals surface area contributed by atoms with Gasteiger partial charge in [0.05, 0.1) is 18.8 Å². The van der Waals surface area contributed by atoms with Crippen LogP contribution >= 0.6 is 0 Å². The van der Waals surface area contributed by atoms with Gasteiger partial charge in [-0.15, -0.1) is 0 Å². The van der Waals surface area contributed by atoms with Crippen LogP contribution in [0.15, 0.2) is 11.6 Å². The largest absolute Gasteiger partial charge is 0.463 e. The van der Waals surface area contributed by atoms with Crippen molar-refractivity contribution < 1.29 is 44.5 Å². The Hall–Kier alpha value is -1.07. The number of carbonyl (C=O) groups is 1. The number of carbonyl (C=O) groups excluding carboxylic acids is 1. The first-order chi connectivity index (χ1) is 17.2. The maximum Gasteiger partial charge on any atom is 0.302 e. The summed E-state index contributed by atoms with van der Waals surface area (Å²) in [5.41, 5.74) is 0.764. The Morgan fingerprint density at radius 2 is 1.78 bits per heavy atom. The predicted octanol–water partition coefficient (Wildman–Crippen LogP) is 1.67. The van der Waals surface area contributed by atoms with Crippen molar-refractivity contribution >= 4 is 5.97 Å². The lowest BCUT2D eigenvalue weighted by atomic mass is 9.45. The van der Waals surface area contributed by atoms with E-state index in [0.29, 0.717) is 11.8 Å². The zero-order valence-corrected chi connectivity index (χ0v) is 22.8. The third-order valence-corrected chi connectivity index (χ3v) is 10.3. The predicted molar refractivity (Wildman–Crippen MR) is 134 cm³/mol. The Balaban J connectivity index is 1.50. The quantitative estimate of drug-likeness (QED) is 0.198. The lowest BCUT2D eigenvalue weighted by molar-refractivity contribution is -0.327. The van der Waals surface area contributed by atoms with E-state index >= 15 is 0 Å². The van der Waals surface area contributed by atoms with E-state index in [2.05, 4.69) is 26.8 Å². The highest BCUT2D eigenvalue weighted by Crippen LogP contribution is 2.64. The van der Waals surface area contributed by atoms with Crippen molar-refractivity contribution in [2.24, 2.45) is 28.1 Å². The molecule has 0 bridgehead atoms. The highest BCUT2D eigenvalue weighted by molar-refractivity contribution is 5.65. The Labute approximate surface area is 219 Å². The van der Waals surface area contributed by atoms with Gasteiger partial charge in [0.15, 0.2) is 6.29 Å². The van der Waals surface area contributed by atoms with Crippen molar-refractivity contribution in [2.75, 3.05) is 13.2 Å². The van der Waals surface area contributed by atoms with Gasteiger partial charge in [0, 0.05) is 12.3 Å². The fourth-order valence-electron chi connectivity index (χ4n) is 7.96. The molecule has 0 spiro atoms. The Bertz CT molecular complexity index is 872. The van der Waals surface area contributed by atoms with Crippen LogP contribution in [0, 0.1) is 28.1 Å². The van der Waals surface area contributed by atoms with Gasteiger partial charge < -0.3 is 39.7 Å². The topological polar surface area (TPSA) is 146 Å². The normalized spacial score (nSPS) is 46.3. The molecule has 0 amide bonds. The van der Waals surface area contributed by atoms with Gasteiger partial charge in [0.25, 0.3) is 0 Å². The van der Waals surface area contributed by atoms with Crippen LogP contribution in [0.3, 0.4) is 0 Å². The molecule has 4 aliphatic rings. The van der Waals surface area contributed by atoms with Crippen molar-refractivity contribution in [3.63, 3.8) is 0 Å². The van der Waals surface area contributed by atoms with Crippen molar-refractivity contribution in [3.05, 3.63) is 11.6 Å². The first-order valence-electron chi connectivity index (χ1n) is 13.7. The number of hydrogen-bond donors (Lipinski definition) is 5. The minimum absolute atomic E-state index is 0.00414. The van der Waals surface area contributed by atoms with Gasteiger partial charge in [-0.05, 0) is 61.2 Å². The molecule has 0 unspecified atom stereocenters. The van der Waals surface area contributed by atoms with Gasteiger partial charge in [0.1, 0.15) is 31.0 Å². The molecule has 1 heterocycles. The van der Waals surface area contributed by atoms with E-state index in [-0.39, 0.29) is 29.5 Å². The standard InChI is InChI=1S/C28H46O9/c1-15(30)35-14-20(31)27(4)10-8-17-16(12-27)6-7-19-26(2,3)21(9-11-28(17,19)5)37-25-24(34)23(33)22(32)18(13-29)36-25/h12,17-25,29,31-34H,6-11,13-14H2,1-5H3/t17-,18-,19-,20+,21-,22-,23+,24-,25+,27+,28+/m0/s1. The molecule has 9 heteroatoms. The molecule has 0 aromatic carbocycles. The summed E-state index contributed by atoms with van der Waals surface area (Å²) in [6.07, 6.45) is 0.254. The van der Waals surface area contributed by atoms with Gasteiger partial charge >= 0.3 is 5.97 Å². The number of esters is 1. The number of hydrogen-bond acceptors (Lipinski definition) is 9. The molecule has 2 saturated carbocycles. The van der Waals surface area contributed by atoms with Gasteiger partial charge in [-0.2, -0.15) is 0 Å². The maximum absolute atomic E-state index is 11.2. The van der Waals surface area contributed by atoms with Crippen molar-refractivity contribution in [1.82, 2.24) is 0 Å². The highest BCUT2D eigenvalue weighted by Gasteiger charge is 2.59. The van der Waals surface area contributed by atoms with Crippen molar-refractivity contribution in [3.8, 4) is 0 Å². The SMILES string of the molecule is CC(=O)OC[C@@H](O)[C@@]1(C)C=C2CC[C@H]3C(C)(C)[C@@H](O[C@H]4O[C@@H](CO)[C@H](O)[C@@H](O)[C@@H]4O)CC[C@]3(C)[C@H]2CC1. The Morgan fingerprint density at radius 3 is 2.43 bits per heavy atom. The molecule has 212 valence electrons. The number of allylic oxidation sites excluding steroid dienone is 1. The van der Waals surface area contributed by atoms with Crippen molar-refractivity contribution in [1.29, 1.82) is 0 Å². The molecular formula is C28H46O9. The van der Waals surface area contributed by atoms with Crippen molar-refractivity contribution in [2.45, 2.75) is 116 Å². The monoisotopic (exact) mass is 526 g/mol. The number of aliphatic hydroxyl groups excluding tert-OH is 5. The summed E-state index contributed by atoms with van der Waals surface area (Å²) in [4.78, 5) is 11.2. The second-order valence-electron chi connectivity index (χ2n) is 12.9. The molecule has 11 atom stereocenters. The second kappa shape index (κ2) is 10.5. The van der Waals surface area contributed by atoms with Crippen LogP contribution in [0.4, 0.5) is 0 Å². The molecule has 9 nitrogen and oxygen atoms in total. The van der Waals surface area contributed by atoms with Gasteiger partial charge in [-0.1, -0.05) is 39.3 Å². The number of ether oxygens (including phenoxy) is 3. The smallest absolute Gasteiger partial charge is 0.302 e. The summed E-state index contributed by atoms with van der Waals surface area (Å²) >= 11 is 0. The van der Waals surface area contributed by atoms with Crippen LogP contribution in [-0.4, -0.2) is 87.6 Å². The average molecular weight is 527 g/mol. The molecule has 1 aliphatic heterocycles. The third-order valence-electron chi connectivity index (χ3n) is 10.3. The number of fused-ring (bicyclic) bond motifs is 3. The summed E-state index contributed by atoms with van der Waals surface area (Å²) < 4.78 is 17.1. The van der Waals surface area contributed by atoms with Gasteiger partial charge in [0.2, 0.25) is 0 Å². The summed E-state index contributed by atoms with van der Waals surface area (Å²) in [5.74, 6) is 0.357. The fraction of sp³-hybridized carbons (Fsp3) is 0.893. The molecule has 5 N–H and O–H groups in total. The second-order valence-corrected chi connectivity index (χ2v) is 12.9. The number of rotatable bonds is 6. The van der Waals surface area contributed by atoms with E-state index < -0.39 is 48.8 Å². The minimum Gasteiger partial charge on any atom is -0.463 e. The minimum atomic E-state index is -1.46. The molecule has 3 fully saturated rings.